The summed E-state index contributed by atoms with van der Waals surface area (Å²) in [7, 11) is 0. The summed E-state index contributed by atoms with van der Waals surface area (Å²) in [6.07, 6.45) is 0.0766. The van der Waals surface area contributed by atoms with Gasteiger partial charge in [-0.1, -0.05) is 30.3 Å². The number of carboxylic acids is 1. The SMILES string of the molecule is O=C(NCCCc1ccccc1)NCC(O)C(=O)O. The first-order valence-corrected chi connectivity index (χ1v) is 6.06. The lowest BCUT2D eigenvalue weighted by molar-refractivity contribution is -0.146. The highest BCUT2D eigenvalue weighted by atomic mass is 16.4. The van der Waals surface area contributed by atoms with E-state index in [2.05, 4.69) is 10.6 Å². The van der Waals surface area contributed by atoms with Crippen LogP contribution in [0.4, 0.5) is 4.79 Å². The van der Waals surface area contributed by atoms with Crippen LogP contribution in [0.1, 0.15) is 12.0 Å². The van der Waals surface area contributed by atoms with Gasteiger partial charge in [0.25, 0.3) is 0 Å². The molecule has 0 aliphatic carbocycles. The molecule has 0 saturated heterocycles. The quantitative estimate of drug-likeness (QED) is 0.536. The molecule has 1 atom stereocenters. The van der Waals surface area contributed by atoms with Crippen molar-refractivity contribution in [2.45, 2.75) is 18.9 Å². The largest absolute Gasteiger partial charge is 0.479 e. The van der Waals surface area contributed by atoms with Gasteiger partial charge in [-0.2, -0.15) is 0 Å². The number of carboxylic acid groups (broad SMARTS) is 1. The summed E-state index contributed by atoms with van der Waals surface area (Å²) >= 11 is 0. The molecule has 0 heterocycles. The van der Waals surface area contributed by atoms with Crippen LogP contribution in [-0.4, -0.2) is 41.4 Å². The standard InChI is InChI=1S/C13H18N2O4/c16-11(12(17)18)9-15-13(19)14-8-4-7-10-5-2-1-3-6-10/h1-3,5-6,11,16H,4,7-9H2,(H,17,18)(H2,14,15,19). The van der Waals surface area contributed by atoms with Crippen LogP contribution in [0.2, 0.25) is 0 Å². The summed E-state index contributed by atoms with van der Waals surface area (Å²) in [6.45, 7) is 0.184. The zero-order valence-electron chi connectivity index (χ0n) is 10.5. The molecule has 1 unspecified atom stereocenters. The lowest BCUT2D eigenvalue weighted by Crippen LogP contribution is -2.42. The van der Waals surface area contributed by atoms with E-state index in [9.17, 15) is 9.59 Å². The van der Waals surface area contributed by atoms with Crippen molar-refractivity contribution in [1.82, 2.24) is 10.6 Å². The minimum absolute atomic E-state index is 0.306. The Bertz CT molecular complexity index is 408. The number of benzene rings is 1. The maximum atomic E-state index is 11.3. The van der Waals surface area contributed by atoms with Crippen molar-refractivity contribution in [3.05, 3.63) is 35.9 Å². The van der Waals surface area contributed by atoms with E-state index in [-0.39, 0.29) is 6.54 Å². The molecule has 1 aromatic carbocycles. The molecule has 0 bridgehead atoms. The molecular weight excluding hydrogens is 248 g/mol. The summed E-state index contributed by atoms with van der Waals surface area (Å²) in [5, 5.41) is 22.2. The monoisotopic (exact) mass is 266 g/mol. The van der Waals surface area contributed by atoms with E-state index in [1.54, 1.807) is 0 Å². The van der Waals surface area contributed by atoms with Crippen molar-refractivity contribution in [1.29, 1.82) is 0 Å². The van der Waals surface area contributed by atoms with Crippen LogP contribution < -0.4 is 10.6 Å². The smallest absolute Gasteiger partial charge is 0.334 e. The third kappa shape index (κ3) is 6.42. The Morgan fingerprint density at radius 2 is 1.84 bits per heavy atom. The molecule has 0 saturated carbocycles. The summed E-state index contributed by atoms with van der Waals surface area (Å²) in [5.74, 6) is -1.36. The Balaban J connectivity index is 2.09. The van der Waals surface area contributed by atoms with Crippen LogP contribution in [0.15, 0.2) is 30.3 Å². The first kappa shape index (κ1) is 15.0. The van der Waals surface area contributed by atoms with E-state index in [0.717, 1.165) is 12.8 Å². The van der Waals surface area contributed by atoms with Gasteiger partial charge in [-0.25, -0.2) is 9.59 Å². The average Bonchev–Trinajstić information content (AvgIpc) is 2.42. The van der Waals surface area contributed by atoms with Crippen molar-refractivity contribution >= 4 is 12.0 Å². The highest BCUT2D eigenvalue weighted by molar-refractivity contribution is 5.76. The molecule has 0 spiro atoms. The number of aliphatic hydroxyl groups is 1. The summed E-state index contributed by atoms with van der Waals surface area (Å²) in [5.41, 5.74) is 1.20. The lowest BCUT2D eigenvalue weighted by Gasteiger charge is -2.09. The number of aryl methyl sites for hydroxylation is 1. The second-order valence-corrected chi connectivity index (χ2v) is 4.08. The van der Waals surface area contributed by atoms with Gasteiger partial charge in [-0.3, -0.25) is 0 Å². The number of carbonyl (C=O) groups excluding carboxylic acids is 1. The van der Waals surface area contributed by atoms with Crippen molar-refractivity contribution in [2.24, 2.45) is 0 Å². The number of aliphatic hydroxyl groups excluding tert-OH is 1. The van der Waals surface area contributed by atoms with Crippen LogP contribution in [0.5, 0.6) is 0 Å². The van der Waals surface area contributed by atoms with E-state index in [1.807, 2.05) is 30.3 Å². The van der Waals surface area contributed by atoms with Gasteiger partial charge >= 0.3 is 12.0 Å². The molecule has 0 radical (unpaired) electrons. The molecular formula is C13H18N2O4. The van der Waals surface area contributed by atoms with E-state index < -0.39 is 18.1 Å². The molecule has 4 N–H and O–H groups in total. The highest BCUT2D eigenvalue weighted by Crippen LogP contribution is 2.01. The Morgan fingerprint density at radius 3 is 2.47 bits per heavy atom. The van der Waals surface area contributed by atoms with Gasteiger partial charge in [0, 0.05) is 6.54 Å². The number of carbonyl (C=O) groups is 2. The van der Waals surface area contributed by atoms with E-state index in [4.69, 9.17) is 10.2 Å². The number of aliphatic carboxylic acids is 1. The van der Waals surface area contributed by atoms with Gasteiger partial charge in [0.1, 0.15) is 0 Å². The van der Waals surface area contributed by atoms with Crippen molar-refractivity contribution in [3.8, 4) is 0 Å². The predicted octanol–water partition coefficient (Wildman–Crippen LogP) is 0.364. The maximum Gasteiger partial charge on any atom is 0.334 e. The van der Waals surface area contributed by atoms with Gasteiger partial charge in [-0.05, 0) is 18.4 Å². The number of hydrogen-bond acceptors (Lipinski definition) is 3. The number of rotatable bonds is 7. The fraction of sp³-hybridized carbons (Fsp3) is 0.385. The van der Waals surface area contributed by atoms with Crippen LogP contribution in [0.3, 0.4) is 0 Å². The van der Waals surface area contributed by atoms with E-state index in [0.29, 0.717) is 6.54 Å². The Labute approximate surface area is 111 Å². The average molecular weight is 266 g/mol. The molecule has 0 fully saturated rings. The van der Waals surface area contributed by atoms with Crippen molar-refractivity contribution < 1.29 is 19.8 Å². The number of urea groups is 1. The summed E-state index contributed by atoms with van der Waals surface area (Å²) < 4.78 is 0. The third-order valence-electron chi connectivity index (χ3n) is 2.51. The third-order valence-corrected chi connectivity index (χ3v) is 2.51. The summed E-state index contributed by atoms with van der Waals surface area (Å²) in [4.78, 5) is 21.6. The molecule has 6 nitrogen and oxygen atoms in total. The number of nitrogens with one attached hydrogen (secondary N) is 2. The van der Waals surface area contributed by atoms with Gasteiger partial charge in [-0.15, -0.1) is 0 Å². The Hall–Kier alpha value is -2.08. The topological polar surface area (TPSA) is 98.7 Å². The Morgan fingerprint density at radius 1 is 1.16 bits per heavy atom. The first-order valence-electron chi connectivity index (χ1n) is 6.06. The van der Waals surface area contributed by atoms with E-state index >= 15 is 0 Å². The normalized spacial score (nSPS) is 11.6. The Kier molecular flexibility index (Phi) is 6.38. The molecule has 0 aliphatic heterocycles. The first-order chi connectivity index (χ1) is 9.09. The number of amides is 2. The van der Waals surface area contributed by atoms with Crippen molar-refractivity contribution in [3.63, 3.8) is 0 Å². The second-order valence-electron chi connectivity index (χ2n) is 4.08. The molecule has 1 rings (SSSR count). The minimum atomic E-state index is -1.57. The molecule has 0 aliphatic rings. The molecule has 19 heavy (non-hydrogen) atoms. The highest BCUT2D eigenvalue weighted by Gasteiger charge is 2.13. The predicted molar refractivity (Wildman–Crippen MR) is 69.8 cm³/mol. The fourth-order valence-corrected chi connectivity index (χ4v) is 1.48. The molecule has 0 aromatic heterocycles. The van der Waals surface area contributed by atoms with E-state index in [1.165, 1.54) is 5.56 Å². The lowest BCUT2D eigenvalue weighted by atomic mass is 10.1. The molecule has 1 aromatic rings. The molecule has 6 heteroatoms. The van der Waals surface area contributed by atoms with Gasteiger partial charge in [0.15, 0.2) is 6.10 Å². The second kappa shape index (κ2) is 8.10. The summed E-state index contributed by atoms with van der Waals surface area (Å²) in [6, 6.07) is 9.43. The van der Waals surface area contributed by atoms with Crippen LogP contribution in [-0.2, 0) is 11.2 Å². The molecule has 104 valence electrons. The fourth-order valence-electron chi connectivity index (χ4n) is 1.48. The van der Waals surface area contributed by atoms with Gasteiger partial charge < -0.3 is 20.8 Å². The van der Waals surface area contributed by atoms with Gasteiger partial charge in [0.05, 0.1) is 6.54 Å². The van der Waals surface area contributed by atoms with Crippen LogP contribution in [0, 0.1) is 0 Å². The molecule has 2 amide bonds. The maximum absolute atomic E-state index is 11.3. The number of hydrogen-bond donors (Lipinski definition) is 4. The zero-order valence-corrected chi connectivity index (χ0v) is 10.5. The zero-order chi connectivity index (χ0) is 14.1. The van der Waals surface area contributed by atoms with Crippen LogP contribution in [0.25, 0.3) is 0 Å². The van der Waals surface area contributed by atoms with Crippen molar-refractivity contribution in [2.75, 3.05) is 13.1 Å². The van der Waals surface area contributed by atoms with Crippen LogP contribution >= 0.6 is 0 Å². The minimum Gasteiger partial charge on any atom is -0.479 e. The van der Waals surface area contributed by atoms with Gasteiger partial charge in [0.2, 0.25) is 0 Å².